The SMILES string of the molecule is CC(C)C[C@@](C)(Cc1ccc(O)cc1)C(=O)C(C)C. The van der Waals surface area contributed by atoms with Crippen molar-refractivity contribution in [2.75, 3.05) is 0 Å². The van der Waals surface area contributed by atoms with Crippen LogP contribution >= 0.6 is 0 Å². The van der Waals surface area contributed by atoms with Crippen LogP contribution in [-0.4, -0.2) is 10.9 Å². The molecule has 0 fully saturated rings. The maximum absolute atomic E-state index is 12.5. The van der Waals surface area contributed by atoms with Gasteiger partial charge in [-0.05, 0) is 36.5 Å². The van der Waals surface area contributed by atoms with Crippen LogP contribution in [0.3, 0.4) is 0 Å². The molecule has 2 heteroatoms. The van der Waals surface area contributed by atoms with Gasteiger partial charge in [-0.3, -0.25) is 4.79 Å². The summed E-state index contributed by atoms with van der Waals surface area (Å²) in [7, 11) is 0. The van der Waals surface area contributed by atoms with E-state index in [2.05, 4.69) is 20.8 Å². The molecule has 0 unspecified atom stereocenters. The summed E-state index contributed by atoms with van der Waals surface area (Å²) in [6, 6.07) is 7.18. The van der Waals surface area contributed by atoms with Gasteiger partial charge in [0.1, 0.15) is 11.5 Å². The second kappa shape index (κ2) is 6.23. The topological polar surface area (TPSA) is 37.3 Å². The second-order valence-corrected chi connectivity index (χ2v) is 6.52. The Balaban J connectivity index is 2.97. The minimum Gasteiger partial charge on any atom is -0.508 e. The van der Waals surface area contributed by atoms with Gasteiger partial charge >= 0.3 is 0 Å². The molecule has 2 nitrogen and oxygen atoms in total. The van der Waals surface area contributed by atoms with E-state index in [0.717, 1.165) is 18.4 Å². The number of carbonyl (C=O) groups is 1. The standard InChI is InChI=1S/C17H26O2/c1-12(2)10-17(5,16(19)13(3)4)11-14-6-8-15(18)9-7-14/h6-9,12-13,18H,10-11H2,1-5H3/t17-/m0/s1. The molecule has 0 saturated heterocycles. The molecular formula is C17H26O2. The van der Waals surface area contributed by atoms with Crippen molar-refractivity contribution in [2.45, 2.75) is 47.5 Å². The Bertz CT molecular complexity index is 417. The van der Waals surface area contributed by atoms with Crippen molar-refractivity contribution in [3.8, 4) is 5.75 Å². The van der Waals surface area contributed by atoms with E-state index in [4.69, 9.17) is 0 Å². The molecule has 0 aliphatic rings. The zero-order valence-electron chi connectivity index (χ0n) is 12.7. The van der Waals surface area contributed by atoms with Crippen molar-refractivity contribution >= 4 is 5.78 Å². The molecule has 0 saturated carbocycles. The lowest BCUT2D eigenvalue weighted by atomic mass is 9.71. The Morgan fingerprint density at radius 2 is 1.68 bits per heavy atom. The van der Waals surface area contributed by atoms with Gasteiger partial charge < -0.3 is 5.11 Å². The van der Waals surface area contributed by atoms with Crippen LogP contribution in [0.25, 0.3) is 0 Å². The van der Waals surface area contributed by atoms with Gasteiger partial charge in [-0.1, -0.05) is 46.8 Å². The molecule has 106 valence electrons. The summed E-state index contributed by atoms with van der Waals surface area (Å²) in [4.78, 5) is 12.5. The number of rotatable bonds is 6. The second-order valence-electron chi connectivity index (χ2n) is 6.52. The van der Waals surface area contributed by atoms with E-state index in [1.807, 2.05) is 26.0 Å². The summed E-state index contributed by atoms with van der Waals surface area (Å²) < 4.78 is 0. The summed E-state index contributed by atoms with van der Waals surface area (Å²) in [5.74, 6) is 1.14. The fourth-order valence-corrected chi connectivity index (χ4v) is 2.92. The number of ketones is 1. The molecule has 0 radical (unpaired) electrons. The third-order valence-electron chi connectivity index (χ3n) is 3.51. The first-order valence-electron chi connectivity index (χ1n) is 7.07. The monoisotopic (exact) mass is 262 g/mol. The normalized spacial score (nSPS) is 14.7. The molecule has 1 rings (SSSR count). The fraction of sp³-hybridized carbons (Fsp3) is 0.588. The molecule has 0 aliphatic heterocycles. The maximum Gasteiger partial charge on any atom is 0.141 e. The van der Waals surface area contributed by atoms with E-state index < -0.39 is 0 Å². The number of Topliss-reactive ketones (excluding diaryl/α,β-unsaturated/α-hetero) is 1. The molecule has 0 heterocycles. The molecule has 0 bridgehead atoms. The van der Waals surface area contributed by atoms with E-state index >= 15 is 0 Å². The van der Waals surface area contributed by atoms with Crippen LogP contribution in [0.1, 0.15) is 46.6 Å². The predicted octanol–water partition coefficient (Wildman–Crippen LogP) is 4.21. The fourth-order valence-electron chi connectivity index (χ4n) is 2.92. The molecule has 1 N–H and O–H groups in total. The van der Waals surface area contributed by atoms with Crippen molar-refractivity contribution in [3.63, 3.8) is 0 Å². The Morgan fingerprint density at radius 1 is 1.16 bits per heavy atom. The lowest BCUT2D eigenvalue weighted by Gasteiger charge is -2.32. The highest BCUT2D eigenvalue weighted by Crippen LogP contribution is 2.34. The van der Waals surface area contributed by atoms with Gasteiger partial charge in [0.05, 0.1) is 0 Å². The Labute approximate surface area is 116 Å². The van der Waals surface area contributed by atoms with Crippen LogP contribution < -0.4 is 0 Å². The Morgan fingerprint density at radius 3 is 2.11 bits per heavy atom. The number of hydrogen-bond acceptors (Lipinski definition) is 2. The van der Waals surface area contributed by atoms with Gasteiger partial charge in [0.25, 0.3) is 0 Å². The van der Waals surface area contributed by atoms with Gasteiger partial charge in [0, 0.05) is 11.3 Å². The van der Waals surface area contributed by atoms with Crippen LogP contribution in [0.5, 0.6) is 5.75 Å². The molecule has 0 spiro atoms. The van der Waals surface area contributed by atoms with E-state index in [-0.39, 0.29) is 17.1 Å². The summed E-state index contributed by atoms with van der Waals surface area (Å²) in [6.07, 6.45) is 1.63. The minimum absolute atomic E-state index is 0.0564. The van der Waals surface area contributed by atoms with E-state index in [9.17, 15) is 9.90 Å². The highest BCUT2D eigenvalue weighted by atomic mass is 16.3. The largest absolute Gasteiger partial charge is 0.508 e. The highest BCUT2D eigenvalue weighted by molar-refractivity contribution is 5.86. The lowest BCUT2D eigenvalue weighted by Crippen LogP contribution is -2.35. The molecule has 0 amide bonds. The molecule has 1 aromatic carbocycles. The number of phenols is 1. The molecule has 1 atom stereocenters. The smallest absolute Gasteiger partial charge is 0.141 e. The van der Waals surface area contributed by atoms with Crippen molar-refractivity contribution in [3.05, 3.63) is 29.8 Å². The first-order valence-corrected chi connectivity index (χ1v) is 7.07. The third-order valence-corrected chi connectivity index (χ3v) is 3.51. The van der Waals surface area contributed by atoms with Crippen LogP contribution in [-0.2, 0) is 11.2 Å². The van der Waals surface area contributed by atoms with Gasteiger partial charge in [0.2, 0.25) is 0 Å². The van der Waals surface area contributed by atoms with Crippen molar-refractivity contribution in [1.29, 1.82) is 0 Å². The number of hydrogen-bond donors (Lipinski definition) is 1. The molecular weight excluding hydrogens is 236 g/mol. The average Bonchev–Trinajstić information content (AvgIpc) is 2.30. The zero-order valence-corrected chi connectivity index (χ0v) is 12.7. The highest BCUT2D eigenvalue weighted by Gasteiger charge is 2.35. The number of carbonyl (C=O) groups excluding carboxylic acids is 1. The van der Waals surface area contributed by atoms with Crippen LogP contribution in [0.15, 0.2) is 24.3 Å². The quantitative estimate of drug-likeness (QED) is 0.833. The molecule has 19 heavy (non-hydrogen) atoms. The number of aromatic hydroxyl groups is 1. The van der Waals surface area contributed by atoms with Crippen LogP contribution in [0.2, 0.25) is 0 Å². The van der Waals surface area contributed by atoms with E-state index in [0.29, 0.717) is 11.7 Å². The first-order chi connectivity index (χ1) is 8.74. The van der Waals surface area contributed by atoms with E-state index in [1.54, 1.807) is 12.1 Å². The van der Waals surface area contributed by atoms with Gasteiger partial charge in [-0.15, -0.1) is 0 Å². The summed E-state index contributed by atoms with van der Waals surface area (Å²) >= 11 is 0. The minimum atomic E-state index is -0.320. The Kier molecular flexibility index (Phi) is 5.16. The Hall–Kier alpha value is -1.31. The van der Waals surface area contributed by atoms with Gasteiger partial charge in [-0.25, -0.2) is 0 Å². The first kappa shape index (κ1) is 15.7. The molecule has 0 aromatic heterocycles. The summed E-state index contributed by atoms with van der Waals surface area (Å²) in [5.41, 5.74) is 0.786. The summed E-state index contributed by atoms with van der Waals surface area (Å²) in [6.45, 7) is 10.3. The molecule has 1 aromatic rings. The van der Waals surface area contributed by atoms with Gasteiger partial charge in [-0.2, -0.15) is 0 Å². The third kappa shape index (κ3) is 4.38. The van der Waals surface area contributed by atoms with Crippen LogP contribution in [0, 0.1) is 17.3 Å². The van der Waals surface area contributed by atoms with E-state index in [1.165, 1.54) is 0 Å². The number of phenolic OH excluding ortho intramolecular Hbond substituents is 1. The summed E-state index contributed by atoms with van der Waals surface area (Å²) in [5, 5.41) is 9.33. The number of benzene rings is 1. The average molecular weight is 262 g/mol. The van der Waals surface area contributed by atoms with Crippen LogP contribution in [0.4, 0.5) is 0 Å². The lowest BCUT2D eigenvalue weighted by molar-refractivity contribution is -0.132. The van der Waals surface area contributed by atoms with Gasteiger partial charge in [0.15, 0.2) is 0 Å². The predicted molar refractivity (Wildman–Crippen MR) is 79.2 cm³/mol. The zero-order chi connectivity index (χ0) is 14.6. The van der Waals surface area contributed by atoms with Crippen molar-refractivity contribution in [2.24, 2.45) is 17.3 Å². The van der Waals surface area contributed by atoms with Crippen molar-refractivity contribution in [1.82, 2.24) is 0 Å². The maximum atomic E-state index is 12.5. The molecule has 0 aliphatic carbocycles. The van der Waals surface area contributed by atoms with Crippen molar-refractivity contribution < 1.29 is 9.90 Å².